The van der Waals surface area contributed by atoms with Gasteiger partial charge in [-0.15, -0.1) is 0 Å². The van der Waals surface area contributed by atoms with E-state index in [0.717, 1.165) is 23.5 Å². The minimum absolute atomic E-state index is 0.0586. The molecule has 0 aliphatic carbocycles. The van der Waals surface area contributed by atoms with E-state index >= 15 is 0 Å². The van der Waals surface area contributed by atoms with Crippen LogP contribution in [0, 0.1) is 6.92 Å². The van der Waals surface area contributed by atoms with Crippen LogP contribution in [0.25, 0.3) is 11.4 Å². The molecule has 2 aromatic rings. The van der Waals surface area contributed by atoms with Gasteiger partial charge in [-0.2, -0.15) is 0 Å². The lowest BCUT2D eigenvalue weighted by molar-refractivity contribution is 0.477. The van der Waals surface area contributed by atoms with Gasteiger partial charge in [0.15, 0.2) is 5.82 Å². The molecule has 24 heavy (non-hydrogen) atoms. The molecule has 0 unspecified atom stereocenters. The van der Waals surface area contributed by atoms with Gasteiger partial charge in [0.2, 0.25) is 0 Å². The summed E-state index contributed by atoms with van der Waals surface area (Å²) in [6.07, 6.45) is 0.885. The summed E-state index contributed by atoms with van der Waals surface area (Å²) in [4.78, 5) is 9.21. The van der Waals surface area contributed by atoms with Crippen LogP contribution < -0.4 is 11.1 Å². The van der Waals surface area contributed by atoms with E-state index < -0.39 is 0 Å². The quantitative estimate of drug-likeness (QED) is 0.732. The second-order valence-corrected chi connectivity index (χ2v) is 6.70. The number of aromatic hydroxyl groups is 1. The van der Waals surface area contributed by atoms with E-state index in [-0.39, 0.29) is 17.7 Å². The Hall–Kier alpha value is -1.85. The zero-order chi connectivity index (χ0) is 17.9. The van der Waals surface area contributed by atoms with Gasteiger partial charge in [-0.05, 0) is 37.5 Å². The number of halogens is 1. The molecular formula is C18H25ClN4O. The fraction of sp³-hybridized carbons (Fsp3) is 0.444. The Morgan fingerprint density at radius 3 is 2.62 bits per heavy atom. The van der Waals surface area contributed by atoms with Gasteiger partial charge in [-0.25, -0.2) is 9.97 Å². The Labute approximate surface area is 148 Å². The third kappa shape index (κ3) is 4.16. The zero-order valence-corrected chi connectivity index (χ0v) is 15.4. The van der Waals surface area contributed by atoms with Gasteiger partial charge < -0.3 is 16.2 Å². The van der Waals surface area contributed by atoms with Crippen LogP contribution in [0.5, 0.6) is 5.75 Å². The van der Waals surface area contributed by atoms with Crippen molar-refractivity contribution in [1.82, 2.24) is 9.97 Å². The molecule has 0 saturated heterocycles. The lowest BCUT2D eigenvalue weighted by Crippen LogP contribution is -2.29. The van der Waals surface area contributed by atoms with Gasteiger partial charge in [0.1, 0.15) is 11.6 Å². The summed E-state index contributed by atoms with van der Waals surface area (Å²) < 4.78 is 0. The first kappa shape index (κ1) is 18.5. The maximum Gasteiger partial charge on any atom is 0.165 e. The molecule has 1 aromatic carbocycles. The highest BCUT2D eigenvalue weighted by Gasteiger charge is 2.18. The highest BCUT2D eigenvalue weighted by Crippen LogP contribution is 2.33. The monoisotopic (exact) mass is 348 g/mol. The second-order valence-electron chi connectivity index (χ2n) is 6.26. The molecule has 130 valence electrons. The molecule has 5 nitrogen and oxygen atoms in total. The maximum absolute atomic E-state index is 10.1. The van der Waals surface area contributed by atoms with E-state index in [2.05, 4.69) is 36.1 Å². The molecule has 1 aromatic heterocycles. The van der Waals surface area contributed by atoms with Crippen molar-refractivity contribution in [2.45, 2.75) is 46.1 Å². The summed E-state index contributed by atoms with van der Waals surface area (Å²) in [7, 11) is 0. The summed E-state index contributed by atoms with van der Waals surface area (Å²) >= 11 is 6.05. The number of nitrogens with one attached hydrogen (secondary N) is 1. The molecular weight excluding hydrogens is 324 g/mol. The standard InChI is InChI=1S/C18H25ClN4O/c1-5-13(20)9-21-18-16(10(2)3)11(4)22-17(23-18)14-8-12(19)6-7-15(14)24/h6-8,10,13,24H,5,9,20H2,1-4H3,(H,21,22,23)/t13-/m0/s1. The summed E-state index contributed by atoms with van der Waals surface area (Å²) in [6.45, 7) is 8.84. The Morgan fingerprint density at radius 2 is 2.00 bits per heavy atom. The third-order valence-electron chi connectivity index (χ3n) is 3.97. The first-order valence-electron chi connectivity index (χ1n) is 8.20. The van der Waals surface area contributed by atoms with Crippen LogP contribution in [-0.2, 0) is 0 Å². The van der Waals surface area contributed by atoms with Crippen molar-refractivity contribution in [3.8, 4) is 17.1 Å². The molecule has 0 saturated carbocycles. The zero-order valence-electron chi connectivity index (χ0n) is 14.6. The van der Waals surface area contributed by atoms with E-state index in [1.807, 2.05) is 6.92 Å². The number of phenols is 1. The number of benzene rings is 1. The summed E-state index contributed by atoms with van der Waals surface area (Å²) in [5.41, 5.74) is 8.47. The van der Waals surface area contributed by atoms with Crippen LogP contribution in [-0.4, -0.2) is 27.7 Å². The molecule has 0 radical (unpaired) electrons. The van der Waals surface area contributed by atoms with Crippen molar-refractivity contribution in [3.63, 3.8) is 0 Å². The molecule has 0 amide bonds. The van der Waals surface area contributed by atoms with Crippen LogP contribution in [0.3, 0.4) is 0 Å². The Morgan fingerprint density at radius 1 is 1.29 bits per heavy atom. The molecule has 4 N–H and O–H groups in total. The largest absolute Gasteiger partial charge is 0.507 e. The highest BCUT2D eigenvalue weighted by molar-refractivity contribution is 6.30. The molecule has 2 rings (SSSR count). The highest BCUT2D eigenvalue weighted by atomic mass is 35.5. The van der Waals surface area contributed by atoms with Crippen LogP contribution >= 0.6 is 11.6 Å². The van der Waals surface area contributed by atoms with E-state index in [9.17, 15) is 5.11 Å². The number of phenolic OH excluding ortho intramolecular Hbond substituents is 1. The lowest BCUT2D eigenvalue weighted by atomic mass is 10.0. The fourth-order valence-corrected chi connectivity index (χ4v) is 2.76. The topological polar surface area (TPSA) is 84.1 Å². The predicted molar refractivity (Wildman–Crippen MR) is 99.7 cm³/mol. The number of aryl methyl sites for hydroxylation is 1. The molecule has 1 atom stereocenters. The van der Waals surface area contributed by atoms with Crippen LogP contribution in [0.2, 0.25) is 5.02 Å². The van der Waals surface area contributed by atoms with Crippen molar-refractivity contribution in [2.24, 2.45) is 5.73 Å². The number of nitrogens with zero attached hydrogens (tertiary/aromatic N) is 2. The Balaban J connectivity index is 2.51. The van der Waals surface area contributed by atoms with Crippen molar-refractivity contribution >= 4 is 17.4 Å². The molecule has 0 fully saturated rings. The smallest absolute Gasteiger partial charge is 0.165 e. The van der Waals surface area contributed by atoms with E-state index in [4.69, 9.17) is 17.3 Å². The van der Waals surface area contributed by atoms with Gasteiger partial charge in [-0.1, -0.05) is 32.4 Å². The molecule has 0 aliphatic heterocycles. The Bertz CT molecular complexity index is 718. The number of nitrogens with two attached hydrogens (primary N) is 1. The summed E-state index contributed by atoms with van der Waals surface area (Å²) in [5, 5.41) is 14.0. The van der Waals surface area contributed by atoms with Crippen molar-refractivity contribution < 1.29 is 5.11 Å². The van der Waals surface area contributed by atoms with Crippen molar-refractivity contribution in [3.05, 3.63) is 34.5 Å². The van der Waals surface area contributed by atoms with Gasteiger partial charge >= 0.3 is 0 Å². The maximum atomic E-state index is 10.1. The van der Waals surface area contributed by atoms with Gasteiger partial charge in [0, 0.05) is 28.9 Å². The van der Waals surface area contributed by atoms with Gasteiger partial charge in [0.05, 0.1) is 5.56 Å². The predicted octanol–water partition coefficient (Wildman–Crippen LogP) is 4.08. The van der Waals surface area contributed by atoms with Gasteiger partial charge in [0.25, 0.3) is 0 Å². The van der Waals surface area contributed by atoms with E-state index in [1.165, 1.54) is 0 Å². The fourth-order valence-electron chi connectivity index (χ4n) is 2.59. The Kier molecular flexibility index (Phi) is 6.02. The number of anilines is 1. The number of hydrogen-bond donors (Lipinski definition) is 3. The lowest BCUT2D eigenvalue weighted by Gasteiger charge is -2.19. The summed E-state index contributed by atoms with van der Waals surface area (Å²) in [5.74, 6) is 1.58. The molecule has 0 aliphatic rings. The van der Waals surface area contributed by atoms with Crippen LogP contribution in [0.1, 0.15) is 44.4 Å². The number of hydrogen-bond acceptors (Lipinski definition) is 5. The number of aromatic nitrogens is 2. The van der Waals surface area contributed by atoms with Crippen LogP contribution in [0.4, 0.5) is 5.82 Å². The summed E-state index contributed by atoms with van der Waals surface area (Å²) in [6, 6.07) is 4.91. The normalized spacial score (nSPS) is 12.5. The minimum Gasteiger partial charge on any atom is -0.507 e. The van der Waals surface area contributed by atoms with Crippen molar-refractivity contribution in [1.29, 1.82) is 0 Å². The third-order valence-corrected chi connectivity index (χ3v) is 4.20. The molecule has 1 heterocycles. The SMILES string of the molecule is CC[C@H](N)CNc1nc(-c2cc(Cl)ccc2O)nc(C)c1C(C)C. The minimum atomic E-state index is 0.0586. The van der Waals surface area contributed by atoms with Crippen LogP contribution in [0.15, 0.2) is 18.2 Å². The molecule has 6 heteroatoms. The van der Waals surface area contributed by atoms with E-state index in [0.29, 0.717) is 23.0 Å². The van der Waals surface area contributed by atoms with E-state index in [1.54, 1.807) is 18.2 Å². The number of rotatable bonds is 6. The average molecular weight is 349 g/mol. The first-order chi connectivity index (χ1) is 11.3. The second kappa shape index (κ2) is 7.81. The molecule has 0 spiro atoms. The molecule has 0 bridgehead atoms. The average Bonchev–Trinajstić information content (AvgIpc) is 2.53. The first-order valence-corrected chi connectivity index (χ1v) is 8.58. The van der Waals surface area contributed by atoms with Crippen molar-refractivity contribution in [2.75, 3.05) is 11.9 Å². The van der Waals surface area contributed by atoms with Gasteiger partial charge in [-0.3, -0.25) is 0 Å².